The maximum atomic E-state index is 12.9. The largest absolute Gasteiger partial charge is 0.490 e. The number of ether oxygens (including phenoxy) is 2. The van der Waals surface area contributed by atoms with Gasteiger partial charge in [0.25, 0.3) is 11.8 Å². The first-order chi connectivity index (χ1) is 19.5. The van der Waals surface area contributed by atoms with Crippen LogP contribution in [0.2, 0.25) is 0 Å². The fourth-order valence-electron chi connectivity index (χ4n) is 3.92. The summed E-state index contributed by atoms with van der Waals surface area (Å²) in [6.07, 6.45) is 0.727. The Labute approximate surface area is 239 Å². The molecule has 8 heteroatoms. The van der Waals surface area contributed by atoms with Crippen molar-refractivity contribution in [1.82, 2.24) is 10.6 Å². The summed E-state index contributed by atoms with van der Waals surface area (Å²) >= 11 is 5.49. The number of carbonyl (C=O) groups is 2. The molecule has 2 N–H and O–H groups in total. The van der Waals surface area contributed by atoms with Crippen LogP contribution in [0.5, 0.6) is 11.5 Å². The van der Waals surface area contributed by atoms with Crippen molar-refractivity contribution in [2.75, 3.05) is 31.7 Å². The maximum Gasteiger partial charge on any atom is 0.257 e. The number of carbonyl (C=O) groups excluding carboxylic acids is 2. The Morgan fingerprint density at radius 1 is 0.725 bits per heavy atom. The second-order valence-corrected chi connectivity index (χ2v) is 9.25. The zero-order chi connectivity index (χ0) is 28.2. The third-order valence-corrected chi connectivity index (χ3v) is 6.43. The second-order valence-electron chi connectivity index (χ2n) is 8.86. The van der Waals surface area contributed by atoms with Gasteiger partial charge < -0.3 is 19.7 Å². The summed E-state index contributed by atoms with van der Waals surface area (Å²) in [4.78, 5) is 27.4. The highest BCUT2D eigenvalue weighted by Crippen LogP contribution is 2.20. The fraction of sp³-hybridized carbons (Fsp3) is 0.156. The van der Waals surface area contributed by atoms with Gasteiger partial charge in [0.1, 0.15) is 24.7 Å². The zero-order valence-electron chi connectivity index (χ0n) is 22.2. The van der Waals surface area contributed by atoms with E-state index in [2.05, 4.69) is 10.6 Å². The molecule has 204 valence electrons. The number of nitrogens with zero attached hydrogens (tertiary/aromatic N) is 1. The van der Waals surface area contributed by atoms with Crippen molar-refractivity contribution in [1.29, 1.82) is 0 Å². The molecule has 0 heterocycles. The van der Waals surface area contributed by atoms with Crippen LogP contribution >= 0.6 is 12.2 Å². The van der Waals surface area contributed by atoms with Crippen molar-refractivity contribution >= 4 is 34.8 Å². The molecule has 0 aliphatic carbocycles. The lowest BCUT2D eigenvalue weighted by atomic mass is 10.1. The number of hydrogen-bond donors (Lipinski definition) is 2. The van der Waals surface area contributed by atoms with E-state index < -0.39 is 0 Å². The molecule has 0 radical (unpaired) electrons. The molecule has 0 saturated heterocycles. The Morgan fingerprint density at radius 2 is 1.30 bits per heavy atom. The lowest BCUT2D eigenvalue weighted by molar-refractivity contribution is 0.0952. The van der Waals surface area contributed by atoms with E-state index in [1.807, 2.05) is 66.7 Å². The Bertz CT molecular complexity index is 1410. The molecular formula is C32H31N3O4S. The predicted molar refractivity (Wildman–Crippen MR) is 161 cm³/mol. The molecule has 4 aromatic rings. The third-order valence-electron chi connectivity index (χ3n) is 6.06. The average molecular weight is 554 g/mol. The summed E-state index contributed by atoms with van der Waals surface area (Å²) in [7, 11) is 1.72. The number of hydrogen-bond acceptors (Lipinski definition) is 5. The molecule has 2 amide bonds. The summed E-state index contributed by atoms with van der Waals surface area (Å²) in [5.74, 6) is 0.836. The molecule has 4 aromatic carbocycles. The molecule has 0 atom stereocenters. The first-order valence-electron chi connectivity index (χ1n) is 12.9. The van der Waals surface area contributed by atoms with E-state index in [0.29, 0.717) is 42.3 Å². The number of rotatable bonds is 11. The summed E-state index contributed by atoms with van der Waals surface area (Å²) < 4.78 is 11.3. The zero-order valence-corrected chi connectivity index (χ0v) is 23.0. The first-order valence-corrected chi connectivity index (χ1v) is 13.3. The Morgan fingerprint density at radius 3 is 1.98 bits per heavy atom. The van der Waals surface area contributed by atoms with E-state index in [0.717, 1.165) is 17.7 Å². The van der Waals surface area contributed by atoms with E-state index in [4.69, 9.17) is 21.7 Å². The highest BCUT2D eigenvalue weighted by molar-refractivity contribution is 7.80. The van der Waals surface area contributed by atoms with Gasteiger partial charge in [0.05, 0.1) is 11.3 Å². The van der Waals surface area contributed by atoms with E-state index in [-0.39, 0.29) is 16.9 Å². The molecule has 0 unspecified atom stereocenters. The van der Waals surface area contributed by atoms with Crippen LogP contribution in [0.3, 0.4) is 0 Å². The van der Waals surface area contributed by atoms with Gasteiger partial charge in [-0.05, 0) is 72.7 Å². The van der Waals surface area contributed by atoms with E-state index in [9.17, 15) is 9.59 Å². The summed E-state index contributed by atoms with van der Waals surface area (Å²) in [6, 6.07) is 33.4. The van der Waals surface area contributed by atoms with Gasteiger partial charge in [0, 0.05) is 19.2 Å². The molecule has 0 fully saturated rings. The molecule has 40 heavy (non-hydrogen) atoms. The first kappa shape index (κ1) is 28.3. The van der Waals surface area contributed by atoms with Gasteiger partial charge in [-0.15, -0.1) is 0 Å². The average Bonchev–Trinajstić information content (AvgIpc) is 3.00. The van der Waals surface area contributed by atoms with Gasteiger partial charge in [-0.1, -0.05) is 60.7 Å². The van der Waals surface area contributed by atoms with E-state index in [1.54, 1.807) is 54.4 Å². The van der Waals surface area contributed by atoms with Crippen molar-refractivity contribution in [3.63, 3.8) is 0 Å². The van der Waals surface area contributed by atoms with Crippen molar-refractivity contribution in [3.8, 4) is 11.5 Å². The smallest absolute Gasteiger partial charge is 0.257 e. The maximum absolute atomic E-state index is 12.9. The minimum Gasteiger partial charge on any atom is -0.490 e. The lowest BCUT2D eigenvalue weighted by Gasteiger charge is -2.23. The molecule has 0 aliphatic rings. The van der Waals surface area contributed by atoms with Crippen LogP contribution in [0, 0.1) is 0 Å². The van der Waals surface area contributed by atoms with Crippen molar-refractivity contribution in [2.24, 2.45) is 0 Å². The van der Waals surface area contributed by atoms with Crippen LogP contribution in [0.4, 0.5) is 5.69 Å². The van der Waals surface area contributed by atoms with E-state index >= 15 is 0 Å². The van der Waals surface area contributed by atoms with Gasteiger partial charge in [-0.2, -0.15) is 0 Å². The minimum atomic E-state index is -0.361. The summed E-state index contributed by atoms with van der Waals surface area (Å²) in [5.41, 5.74) is 2.63. The van der Waals surface area contributed by atoms with Crippen LogP contribution in [-0.4, -0.2) is 43.7 Å². The van der Waals surface area contributed by atoms with Crippen LogP contribution in [0.25, 0.3) is 0 Å². The Kier molecular flexibility index (Phi) is 10.2. The van der Waals surface area contributed by atoms with Gasteiger partial charge >= 0.3 is 0 Å². The Hall–Kier alpha value is -4.69. The molecule has 4 rings (SSSR count). The molecule has 0 spiro atoms. The molecule has 7 nitrogen and oxygen atoms in total. The van der Waals surface area contributed by atoms with Gasteiger partial charge in [0.2, 0.25) is 0 Å². The van der Waals surface area contributed by atoms with Gasteiger partial charge in [0.15, 0.2) is 5.11 Å². The lowest BCUT2D eigenvalue weighted by Crippen LogP contribution is -2.41. The van der Waals surface area contributed by atoms with E-state index in [1.165, 1.54) is 0 Å². The van der Waals surface area contributed by atoms with Gasteiger partial charge in [-0.25, -0.2) is 0 Å². The molecular weight excluding hydrogens is 522 g/mol. The third kappa shape index (κ3) is 8.15. The van der Waals surface area contributed by atoms with Crippen LogP contribution in [0.15, 0.2) is 109 Å². The van der Waals surface area contributed by atoms with Crippen molar-refractivity contribution in [3.05, 3.63) is 126 Å². The number of para-hydroxylation sites is 2. The topological polar surface area (TPSA) is 79.9 Å². The quantitative estimate of drug-likeness (QED) is 0.195. The predicted octanol–water partition coefficient (Wildman–Crippen LogP) is 5.27. The van der Waals surface area contributed by atoms with Crippen LogP contribution in [0.1, 0.15) is 26.3 Å². The summed E-state index contributed by atoms with van der Waals surface area (Å²) in [5, 5.41) is 5.88. The highest BCUT2D eigenvalue weighted by atomic mass is 32.1. The normalized spacial score (nSPS) is 10.3. The minimum absolute atomic E-state index is 0.174. The number of nitrogens with one attached hydrogen (secondary N) is 2. The number of amides is 2. The molecule has 0 saturated carbocycles. The standard InChI is InChI=1S/C32H31N3O4S/c1-35(29-15-9-8-14-28(29)31(37)33-21-20-24-10-4-2-5-11-24)32(40)34-30(36)25-16-18-27(19-17-25)39-23-22-38-26-12-6-3-7-13-26/h2-19H,20-23H2,1H3,(H,33,37)(H,34,36,40). The number of thiocarbonyl (C=S) groups is 1. The highest BCUT2D eigenvalue weighted by Gasteiger charge is 2.18. The summed E-state index contributed by atoms with van der Waals surface area (Å²) in [6.45, 7) is 1.27. The van der Waals surface area contributed by atoms with Crippen molar-refractivity contribution < 1.29 is 19.1 Å². The Balaban J connectivity index is 1.27. The van der Waals surface area contributed by atoms with Gasteiger partial charge in [-0.3, -0.25) is 14.9 Å². The molecule has 0 aliphatic heterocycles. The van der Waals surface area contributed by atoms with Crippen LogP contribution < -0.4 is 25.0 Å². The molecule has 0 bridgehead atoms. The molecule has 0 aromatic heterocycles. The van der Waals surface area contributed by atoms with Crippen molar-refractivity contribution in [2.45, 2.75) is 6.42 Å². The second kappa shape index (κ2) is 14.5. The number of anilines is 1. The van der Waals surface area contributed by atoms with Crippen LogP contribution in [-0.2, 0) is 6.42 Å². The SMILES string of the molecule is CN(C(=S)NC(=O)c1ccc(OCCOc2ccccc2)cc1)c1ccccc1C(=O)NCCc1ccccc1. The monoisotopic (exact) mass is 553 g/mol. The fourth-order valence-corrected chi connectivity index (χ4v) is 4.11. The number of benzene rings is 4.